The maximum absolute atomic E-state index is 12.0. The molecule has 27 heavy (non-hydrogen) atoms. The molecule has 0 aliphatic rings. The number of guanidine groups is 1. The van der Waals surface area contributed by atoms with Gasteiger partial charge in [0.25, 0.3) is 5.91 Å². The highest BCUT2D eigenvalue weighted by molar-refractivity contribution is 5.86. The Kier molecular flexibility index (Phi) is 16.3. The Hall–Kier alpha value is -1.91. The zero-order chi connectivity index (χ0) is 20.3. The van der Waals surface area contributed by atoms with Crippen molar-refractivity contribution in [2.24, 2.45) is 22.2 Å². The molecule has 9 N–H and O–H groups in total. The fourth-order valence-electron chi connectivity index (χ4n) is 2.26. The first kappa shape index (κ1) is 25.1. The lowest BCUT2D eigenvalue weighted by molar-refractivity contribution is -0.139. The fraction of sp³-hybridized carbons (Fsp3) is 0.824. The monoisotopic (exact) mass is 387 g/mol. The molecule has 0 spiro atoms. The lowest BCUT2D eigenvalue weighted by atomic mass is 10.2. The van der Waals surface area contributed by atoms with Crippen LogP contribution < -0.4 is 33.2 Å². The van der Waals surface area contributed by atoms with Crippen LogP contribution in [0.25, 0.3) is 0 Å². The number of amides is 2. The average molecular weight is 388 g/mol. The second-order valence-corrected chi connectivity index (χ2v) is 6.19. The second kappa shape index (κ2) is 17.5. The van der Waals surface area contributed by atoms with E-state index in [9.17, 15) is 9.59 Å². The van der Waals surface area contributed by atoms with Crippen LogP contribution in [0.2, 0.25) is 0 Å². The molecule has 10 heteroatoms. The summed E-state index contributed by atoms with van der Waals surface area (Å²) in [5.41, 5.74) is 15.9. The minimum atomic E-state index is -0.971. The molecule has 0 aromatic heterocycles. The van der Waals surface area contributed by atoms with E-state index >= 15 is 0 Å². The third-order valence-corrected chi connectivity index (χ3v) is 3.76. The first-order chi connectivity index (χ1) is 13.0. The van der Waals surface area contributed by atoms with E-state index in [1.807, 2.05) is 0 Å². The predicted octanol–water partition coefficient (Wildman–Crippen LogP) is -1.26. The molecule has 0 fully saturated rings. The van der Waals surface area contributed by atoms with Gasteiger partial charge >= 0.3 is 0 Å². The molecule has 0 aliphatic heterocycles. The number of hydrogen-bond acceptors (Lipinski definition) is 6. The van der Waals surface area contributed by atoms with Gasteiger partial charge in [0, 0.05) is 26.6 Å². The summed E-state index contributed by atoms with van der Waals surface area (Å²) in [6.45, 7) is 3.58. The van der Waals surface area contributed by atoms with E-state index in [-0.39, 0.29) is 17.8 Å². The van der Waals surface area contributed by atoms with Gasteiger partial charge in [-0.05, 0) is 51.7 Å². The van der Waals surface area contributed by atoms with Crippen LogP contribution in [-0.2, 0) is 14.3 Å². The minimum absolute atomic E-state index is 0.0737. The van der Waals surface area contributed by atoms with Gasteiger partial charge in [0.05, 0.1) is 0 Å². The number of nitrogens with two attached hydrogens (primary N) is 3. The van der Waals surface area contributed by atoms with E-state index in [2.05, 4.69) is 20.9 Å². The molecular formula is C17H37N7O3. The van der Waals surface area contributed by atoms with Gasteiger partial charge in [-0.25, -0.2) is 0 Å². The Morgan fingerprint density at radius 3 is 2.37 bits per heavy atom. The molecule has 0 radical (unpaired) electrons. The van der Waals surface area contributed by atoms with Crippen LogP contribution in [-0.4, -0.2) is 63.8 Å². The maximum Gasteiger partial charge on any atom is 0.270 e. The number of aliphatic imine (C=N–C) groups is 1. The third-order valence-electron chi connectivity index (χ3n) is 3.76. The van der Waals surface area contributed by atoms with E-state index < -0.39 is 6.23 Å². The number of carbonyl (C=O) groups is 2. The Morgan fingerprint density at radius 2 is 1.70 bits per heavy atom. The Morgan fingerprint density at radius 1 is 1.00 bits per heavy atom. The van der Waals surface area contributed by atoms with Crippen LogP contribution in [0.5, 0.6) is 0 Å². The van der Waals surface area contributed by atoms with E-state index in [0.29, 0.717) is 32.5 Å². The summed E-state index contributed by atoms with van der Waals surface area (Å²) in [7, 11) is 1.39. The number of ether oxygens (including phenoxy) is 1. The number of unbranched alkanes of at least 4 members (excludes halogenated alkanes) is 3. The molecular weight excluding hydrogens is 350 g/mol. The highest BCUT2D eigenvalue weighted by Gasteiger charge is 2.19. The van der Waals surface area contributed by atoms with E-state index in [1.165, 1.54) is 7.11 Å². The van der Waals surface area contributed by atoms with Gasteiger partial charge in [-0.3, -0.25) is 14.6 Å². The van der Waals surface area contributed by atoms with Crippen molar-refractivity contribution in [2.75, 3.05) is 39.8 Å². The summed E-state index contributed by atoms with van der Waals surface area (Å²) < 4.78 is 5.06. The molecule has 1 atom stereocenters. The number of rotatable bonds is 17. The van der Waals surface area contributed by atoms with Crippen molar-refractivity contribution in [1.29, 1.82) is 0 Å². The minimum Gasteiger partial charge on any atom is -0.370 e. The molecule has 0 saturated heterocycles. The molecule has 0 aliphatic carbocycles. The number of nitrogens with one attached hydrogen (secondary N) is 3. The Balaban J connectivity index is 3.79. The van der Waals surface area contributed by atoms with Gasteiger partial charge in [-0.2, -0.15) is 0 Å². The standard InChI is InChI=1S/C17H37N7O3/c1-27-16(15(26)22-12-6-5-10-21-11-7-9-18)24-14(25)8-3-2-4-13-23-17(19)20/h16,21H,2-13,18H2,1H3,(H,22,26)(H,24,25)(H4,19,20,23). The number of hydrogen-bond donors (Lipinski definition) is 6. The molecule has 0 aromatic rings. The van der Waals surface area contributed by atoms with Crippen molar-refractivity contribution in [3.63, 3.8) is 0 Å². The quantitative estimate of drug-likeness (QED) is 0.0783. The first-order valence-electron chi connectivity index (χ1n) is 9.57. The van der Waals surface area contributed by atoms with E-state index in [4.69, 9.17) is 21.9 Å². The molecule has 0 heterocycles. The summed E-state index contributed by atoms with van der Waals surface area (Å²) in [4.78, 5) is 27.8. The predicted molar refractivity (Wildman–Crippen MR) is 107 cm³/mol. The fourth-order valence-corrected chi connectivity index (χ4v) is 2.26. The zero-order valence-electron chi connectivity index (χ0n) is 16.5. The molecule has 1 unspecified atom stereocenters. The summed E-state index contributed by atoms with van der Waals surface area (Å²) in [6.07, 6.45) is 4.44. The molecule has 2 amide bonds. The summed E-state index contributed by atoms with van der Waals surface area (Å²) in [5, 5.41) is 8.64. The molecule has 158 valence electrons. The smallest absolute Gasteiger partial charge is 0.270 e. The number of nitrogens with zero attached hydrogens (tertiary/aromatic N) is 1. The van der Waals surface area contributed by atoms with Gasteiger partial charge in [-0.15, -0.1) is 0 Å². The summed E-state index contributed by atoms with van der Waals surface area (Å²) in [5.74, 6) is -0.484. The van der Waals surface area contributed by atoms with Gasteiger partial charge in [0.15, 0.2) is 5.96 Å². The van der Waals surface area contributed by atoms with Crippen LogP contribution >= 0.6 is 0 Å². The summed E-state index contributed by atoms with van der Waals surface area (Å²) >= 11 is 0. The number of carbonyl (C=O) groups excluding carboxylic acids is 2. The van der Waals surface area contributed by atoms with Crippen LogP contribution in [0, 0.1) is 0 Å². The second-order valence-electron chi connectivity index (χ2n) is 6.19. The van der Waals surface area contributed by atoms with Crippen LogP contribution in [0.4, 0.5) is 0 Å². The topological polar surface area (TPSA) is 170 Å². The van der Waals surface area contributed by atoms with Gasteiger partial charge in [0.1, 0.15) is 0 Å². The highest BCUT2D eigenvalue weighted by atomic mass is 16.5. The van der Waals surface area contributed by atoms with Gasteiger partial charge in [0.2, 0.25) is 12.1 Å². The van der Waals surface area contributed by atoms with E-state index in [0.717, 1.165) is 45.2 Å². The van der Waals surface area contributed by atoms with Gasteiger partial charge in [-0.1, -0.05) is 6.42 Å². The van der Waals surface area contributed by atoms with Crippen LogP contribution in [0.1, 0.15) is 44.9 Å². The maximum atomic E-state index is 12.0. The van der Waals surface area contributed by atoms with Gasteiger partial charge < -0.3 is 37.9 Å². The van der Waals surface area contributed by atoms with Crippen molar-refractivity contribution in [1.82, 2.24) is 16.0 Å². The molecule has 0 rings (SSSR count). The SMILES string of the molecule is COC(NC(=O)CCCCCN=C(N)N)C(=O)NCCCCNCCCN. The number of methoxy groups -OCH3 is 1. The lowest BCUT2D eigenvalue weighted by Gasteiger charge is -2.17. The lowest BCUT2D eigenvalue weighted by Crippen LogP contribution is -2.48. The summed E-state index contributed by atoms with van der Waals surface area (Å²) in [6, 6.07) is 0. The average Bonchev–Trinajstić information content (AvgIpc) is 2.64. The largest absolute Gasteiger partial charge is 0.370 e. The normalized spacial score (nSPS) is 11.6. The van der Waals surface area contributed by atoms with Crippen molar-refractivity contribution < 1.29 is 14.3 Å². The Bertz CT molecular complexity index is 429. The van der Waals surface area contributed by atoms with Crippen molar-refractivity contribution in [3.05, 3.63) is 0 Å². The third kappa shape index (κ3) is 16.0. The van der Waals surface area contributed by atoms with Crippen LogP contribution in [0.3, 0.4) is 0 Å². The van der Waals surface area contributed by atoms with Crippen molar-refractivity contribution in [2.45, 2.75) is 51.2 Å². The zero-order valence-corrected chi connectivity index (χ0v) is 16.5. The molecule has 0 saturated carbocycles. The van der Waals surface area contributed by atoms with Crippen molar-refractivity contribution >= 4 is 17.8 Å². The Labute approximate surface area is 162 Å². The molecule has 10 nitrogen and oxygen atoms in total. The first-order valence-corrected chi connectivity index (χ1v) is 9.57. The highest BCUT2D eigenvalue weighted by Crippen LogP contribution is 2.01. The van der Waals surface area contributed by atoms with Crippen LogP contribution in [0.15, 0.2) is 4.99 Å². The van der Waals surface area contributed by atoms with E-state index in [1.54, 1.807) is 0 Å². The molecule has 0 bridgehead atoms. The molecule has 0 aromatic carbocycles. The van der Waals surface area contributed by atoms with Crippen molar-refractivity contribution in [3.8, 4) is 0 Å².